The summed E-state index contributed by atoms with van der Waals surface area (Å²) in [7, 11) is 0. The van der Waals surface area contributed by atoms with Gasteiger partial charge in [0, 0.05) is 6.42 Å². The van der Waals surface area contributed by atoms with Crippen LogP contribution in [0.5, 0.6) is 0 Å². The van der Waals surface area contributed by atoms with Gasteiger partial charge in [0.05, 0.1) is 5.41 Å². The summed E-state index contributed by atoms with van der Waals surface area (Å²) >= 11 is 0. The largest absolute Gasteiger partial charge is 0.481 e. The minimum absolute atomic E-state index is 0.139. The Morgan fingerprint density at radius 3 is 2.08 bits per heavy atom. The lowest BCUT2D eigenvalue weighted by molar-refractivity contribution is -0.150. The molecule has 12 heavy (non-hydrogen) atoms. The van der Waals surface area contributed by atoms with Gasteiger partial charge in [-0.3, -0.25) is 9.59 Å². The number of hydrogen-bond donors (Lipinski definition) is 2. The Morgan fingerprint density at radius 1 is 1.42 bits per heavy atom. The molecule has 0 aromatic carbocycles. The molecule has 0 amide bonds. The average Bonchev–Trinajstić information content (AvgIpc) is 1.85. The van der Waals surface area contributed by atoms with Crippen LogP contribution in [0, 0.1) is 5.41 Å². The van der Waals surface area contributed by atoms with Crippen LogP contribution in [0.1, 0.15) is 27.2 Å². The molecule has 0 heterocycles. The molecule has 4 nitrogen and oxygen atoms in total. The Labute approximate surface area is 71.2 Å². The average molecular weight is 174 g/mol. The second kappa shape index (κ2) is 3.67. The maximum absolute atomic E-state index is 10.9. The number of Topliss-reactive ketones (excluding diaryl/α,β-unsaturated/α-hetero) is 1. The summed E-state index contributed by atoms with van der Waals surface area (Å²) in [5, 5.41) is 17.5. The summed E-state index contributed by atoms with van der Waals surface area (Å²) in [6.45, 7) is 4.24. The lowest BCUT2D eigenvalue weighted by Crippen LogP contribution is -2.30. The zero-order chi connectivity index (χ0) is 9.94. The van der Waals surface area contributed by atoms with E-state index >= 15 is 0 Å². The molecule has 70 valence electrons. The molecule has 1 unspecified atom stereocenters. The highest BCUT2D eigenvalue weighted by Crippen LogP contribution is 2.21. The molecule has 0 aromatic heterocycles. The van der Waals surface area contributed by atoms with Gasteiger partial charge in [0.1, 0.15) is 6.10 Å². The van der Waals surface area contributed by atoms with E-state index < -0.39 is 23.3 Å². The summed E-state index contributed by atoms with van der Waals surface area (Å²) in [6.07, 6.45) is -1.22. The van der Waals surface area contributed by atoms with Crippen LogP contribution in [0.3, 0.4) is 0 Å². The number of carboxylic acid groups (broad SMARTS) is 1. The Kier molecular flexibility index (Phi) is 3.39. The van der Waals surface area contributed by atoms with Gasteiger partial charge in [-0.1, -0.05) is 0 Å². The maximum atomic E-state index is 10.9. The Morgan fingerprint density at radius 2 is 1.83 bits per heavy atom. The SMILES string of the molecule is CC(O)C(=O)CC(C)(C)C(=O)O. The molecular formula is C8H14O4. The molecule has 0 fully saturated rings. The summed E-state index contributed by atoms with van der Waals surface area (Å²) in [4.78, 5) is 21.5. The predicted molar refractivity (Wildman–Crippen MR) is 42.7 cm³/mol. The number of aliphatic hydroxyl groups is 1. The number of aliphatic carboxylic acids is 1. The van der Waals surface area contributed by atoms with E-state index in [0.717, 1.165) is 0 Å². The van der Waals surface area contributed by atoms with Gasteiger partial charge in [0.15, 0.2) is 5.78 Å². The first-order chi connectivity index (χ1) is 5.27. The van der Waals surface area contributed by atoms with Crippen LogP contribution in [0.25, 0.3) is 0 Å². The molecule has 0 bridgehead atoms. The van der Waals surface area contributed by atoms with Gasteiger partial charge in [0.2, 0.25) is 0 Å². The van der Waals surface area contributed by atoms with Crippen molar-refractivity contribution in [1.82, 2.24) is 0 Å². The molecule has 0 rings (SSSR count). The van der Waals surface area contributed by atoms with Crippen molar-refractivity contribution in [1.29, 1.82) is 0 Å². The van der Waals surface area contributed by atoms with Crippen molar-refractivity contribution >= 4 is 11.8 Å². The second-order valence-corrected chi connectivity index (χ2v) is 3.51. The van der Waals surface area contributed by atoms with E-state index in [1.54, 1.807) is 0 Å². The number of aliphatic hydroxyl groups excluding tert-OH is 1. The van der Waals surface area contributed by atoms with Crippen LogP contribution < -0.4 is 0 Å². The standard InChI is InChI=1S/C8H14O4/c1-5(9)6(10)4-8(2,3)7(11)12/h5,9H,4H2,1-3H3,(H,11,12). The molecule has 0 aliphatic rings. The number of hydrogen-bond acceptors (Lipinski definition) is 3. The maximum Gasteiger partial charge on any atom is 0.309 e. The van der Waals surface area contributed by atoms with E-state index in [2.05, 4.69) is 0 Å². The fourth-order valence-corrected chi connectivity index (χ4v) is 0.659. The van der Waals surface area contributed by atoms with Crippen molar-refractivity contribution in [3.63, 3.8) is 0 Å². The molecule has 0 aliphatic heterocycles. The highest BCUT2D eigenvalue weighted by molar-refractivity contribution is 5.88. The van der Waals surface area contributed by atoms with Crippen molar-refractivity contribution < 1.29 is 19.8 Å². The lowest BCUT2D eigenvalue weighted by Gasteiger charge is -2.18. The van der Waals surface area contributed by atoms with Gasteiger partial charge in [0.25, 0.3) is 0 Å². The molecule has 4 heteroatoms. The molecule has 2 N–H and O–H groups in total. The van der Waals surface area contributed by atoms with Crippen LogP contribution in [-0.4, -0.2) is 28.1 Å². The van der Waals surface area contributed by atoms with E-state index in [0.29, 0.717) is 0 Å². The van der Waals surface area contributed by atoms with Gasteiger partial charge in [-0.15, -0.1) is 0 Å². The molecule has 0 saturated heterocycles. The Hall–Kier alpha value is -0.900. The van der Waals surface area contributed by atoms with E-state index in [4.69, 9.17) is 10.2 Å². The van der Waals surface area contributed by atoms with Crippen molar-refractivity contribution in [3.8, 4) is 0 Å². The van der Waals surface area contributed by atoms with Gasteiger partial charge < -0.3 is 10.2 Å². The quantitative estimate of drug-likeness (QED) is 0.648. The molecule has 0 radical (unpaired) electrons. The Bertz CT molecular complexity index is 193. The summed E-state index contributed by atoms with van der Waals surface area (Å²) < 4.78 is 0. The van der Waals surface area contributed by atoms with Gasteiger partial charge >= 0.3 is 5.97 Å². The monoisotopic (exact) mass is 174 g/mol. The first-order valence-corrected chi connectivity index (χ1v) is 3.71. The lowest BCUT2D eigenvalue weighted by atomic mass is 9.86. The smallest absolute Gasteiger partial charge is 0.309 e. The predicted octanol–water partition coefficient (Wildman–Crippen LogP) is 0.437. The fraction of sp³-hybridized carbons (Fsp3) is 0.750. The van der Waals surface area contributed by atoms with E-state index in [9.17, 15) is 9.59 Å². The molecule has 0 saturated carbocycles. The van der Waals surface area contributed by atoms with Crippen molar-refractivity contribution in [2.24, 2.45) is 5.41 Å². The fourth-order valence-electron chi connectivity index (χ4n) is 0.659. The number of rotatable bonds is 4. The highest BCUT2D eigenvalue weighted by atomic mass is 16.4. The van der Waals surface area contributed by atoms with Crippen LogP contribution in [-0.2, 0) is 9.59 Å². The summed E-state index contributed by atoms with van der Waals surface area (Å²) in [5.41, 5.74) is -1.09. The topological polar surface area (TPSA) is 74.6 Å². The molecule has 0 aromatic rings. The zero-order valence-corrected chi connectivity index (χ0v) is 7.50. The molecule has 1 atom stereocenters. The second-order valence-electron chi connectivity index (χ2n) is 3.51. The summed E-state index contributed by atoms with van der Waals surface area (Å²) in [5.74, 6) is -1.47. The van der Waals surface area contributed by atoms with Crippen LogP contribution in [0.4, 0.5) is 0 Å². The number of carboxylic acids is 1. The normalized spacial score (nSPS) is 14.0. The van der Waals surface area contributed by atoms with Crippen molar-refractivity contribution in [2.45, 2.75) is 33.3 Å². The highest BCUT2D eigenvalue weighted by Gasteiger charge is 2.31. The first kappa shape index (κ1) is 11.1. The minimum atomic E-state index is -1.09. The van der Waals surface area contributed by atoms with Crippen molar-refractivity contribution in [3.05, 3.63) is 0 Å². The Balaban J connectivity index is 4.25. The number of carbonyl (C=O) groups is 2. The zero-order valence-electron chi connectivity index (χ0n) is 7.50. The van der Waals surface area contributed by atoms with E-state index in [-0.39, 0.29) is 6.42 Å². The minimum Gasteiger partial charge on any atom is -0.481 e. The third-order valence-corrected chi connectivity index (χ3v) is 1.66. The van der Waals surface area contributed by atoms with Gasteiger partial charge in [-0.05, 0) is 20.8 Å². The van der Waals surface area contributed by atoms with E-state index in [1.807, 2.05) is 0 Å². The van der Waals surface area contributed by atoms with Crippen LogP contribution >= 0.6 is 0 Å². The summed E-state index contributed by atoms with van der Waals surface area (Å²) in [6, 6.07) is 0. The van der Waals surface area contributed by atoms with Gasteiger partial charge in [-0.25, -0.2) is 0 Å². The van der Waals surface area contributed by atoms with E-state index in [1.165, 1.54) is 20.8 Å². The molecular weight excluding hydrogens is 160 g/mol. The third kappa shape index (κ3) is 3.00. The number of carbonyl (C=O) groups excluding carboxylic acids is 1. The van der Waals surface area contributed by atoms with Gasteiger partial charge in [-0.2, -0.15) is 0 Å². The molecule has 0 aliphatic carbocycles. The van der Waals surface area contributed by atoms with Crippen LogP contribution in [0.2, 0.25) is 0 Å². The third-order valence-electron chi connectivity index (χ3n) is 1.66. The first-order valence-electron chi connectivity index (χ1n) is 3.71. The number of ketones is 1. The molecule has 0 spiro atoms. The van der Waals surface area contributed by atoms with Crippen molar-refractivity contribution in [2.75, 3.05) is 0 Å². The van der Waals surface area contributed by atoms with Crippen LogP contribution in [0.15, 0.2) is 0 Å².